The molecule has 15 heavy (non-hydrogen) atoms. The summed E-state index contributed by atoms with van der Waals surface area (Å²) in [5, 5.41) is 0. The molecule has 0 heterocycles. The van der Waals surface area contributed by atoms with Gasteiger partial charge in [0.1, 0.15) is 11.9 Å². The number of esters is 1. The molecule has 0 spiro atoms. The maximum absolute atomic E-state index is 11.5. The second-order valence-electron chi connectivity index (χ2n) is 2.92. The van der Waals surface area contributed by atoms with Crippen LogP contribution in [0, 0.1) is 0 Å². The Kier molecular flexibility index (Phi) is 4.32. The van der Waals surface area contributed by atoms with E-state index < -0.39 is 11.9 Å². The maximum atomic E-state index is 11.5. The Balaban J connectivity index is 2.93. The molecule has 0 amide bonds. The molecule has 1 unspecified atom stereocenters. The predicted molar refractivity (Wildman–Crippen MR) is 56.1 cm³/mol. The van der Waals surface area contributed by atoms with Crippen LogP contribution in [-0.2, 0) is 14.3 Å². The van der Waals surface area contributed by atoms with Gasteiger partial charge in [0.2, 0.25) is 0 Å². The van der Waals surface area contributed by atoms with E-state index in [2.05, 4.69) is 0 Å². The summed E-state index contributed by atoms with van der Waals surface area (Å²) in [5.74, 6) is 0.556. The molecular formula is C12H12O3. The monoisotopic (exact) mass is 204 g/mol. The Bertz CT molecular complexity index is 364. The van der Waals surface area contributed by atoms with Gasteiger partial charge in [-0.3, -0.25) is 4.79 Å². The van der Waals surface area contributed by atoms with E-state index in [1.165, 1.54) is 6.08 Å². The highest BCUT2D eigenvalue weighted by Crippen LogP contribution is 2.17. The van der Waals surface area contributed by atoms with Crippen molar-refractivity contribution >= 4 is 11.9 Å². The van der Waals surface area contributed by atoms with Crippen molar-refractivity contribution in [1.82, 2.24) is 0 Å². The number of hydrogen-bond acceptors (Lipinski definition) is 3. The Morgan fingerprint density at radius 2 is 2.13 bits per heavy atom. The summed E-state index contributed by atoms with van der Waals surface area (Å²) in [6.45, 7) is 2.03. The third-order valence-corrected chi connectivity index (χ3v) is 1.93. The minimum atomic E-state index is -0.649. The van der Waals surface area contributed by atoms with Crippen molar-refractivity contribution in [2.75, 3.05) is 6.61 Å². The highest BCUT2D eigenvalue weighted by Gasteiger charge is 2.18. The van der Waals surface area contributed by atoms with Crippen LogP contribution >= 0.6 is 0 Å². The number of rotatable bonds is 4. The average molecular weight is 204 g/mol. The topological polar surface area (TPSA) is 43.4 Å². The van der Waals surface area contributed by atoms with Crippen LogP contribution in [0.2, 0.25) is 0 Å². The standard InChI is InChI=1S/C12H12O3/c1-2-15-12(14)11(8-9-13)10-6-4-3-5-7-10/h3-8,11H,2H2,1H3. The first-order valence-corrected chi connectivity index (χ1v) is 4.72. The molecule has 78 valence electrons. The lowest BCUT2D eigenvalue weighted by molar-refractivity contribution is -0.143. The molecule has 0 aliphatic rings. The largest absolute Gasteiger partial charge is 0.465 e. The van der Waals surface area contributed by atoms with Crippen molar-refractivity contribution in [1.29, 1.82) is 0 Å². The van der Waals surface area contributed by atoms with Crippen LogP contribution in [0.5, 0.6) is 0 Å². The smallest absolute Gasteiger partial charge is 0.318 e. The van der Waals surface area contributed by atoms with Gasteiger partial charge in [-0.15, -0.1) is 0 Å². The zero-order chi connectivity index (χ0) is 11.1. The first-order valence-electron chi connectivity index (χ1n) is 4.72. The van der Waals surface area contributed by atoms with Crippen molar-refractivity contribution < 1.29 is 14.3 Å². The molecular weight excluding hydrogens is 192 g/mol. The Labute approximate surface area is 88.4 Å². The third-order valence-electron chi connectivity index (χ3n) is 1.93. The van der Waals surface area contributed by atoms with Gasteiger partial charge in [-0.1, -0.05) is 30.3 Å². The zero-order valence-corrected chi connectivity index (χ0v) is 8.47. The van der Waals surface area contributed by atoms with Gasteiger partial charge in [-0.25, -0.2) is 4.79 Å². The first-order chi connectivity index (χ1) is 7.29. The van der Waals surface area contributed by atoms with Crippen molar-refractivity contribution in [3.05, 3.63) is 42.0 Å². The van der Waals surface area contributed by atoms with Crippen LogP contribution < -0.4 is 0 Å². The van der Waals surface area contributed by atoms with Gasteiger partial charge in [0.15, 0.2) is 0 Å². The Morgan fingerprint density at radius 3 is 2.67 bits per heavy atom. The second-order valence-corrected chi connectivity index (χ2v) is 2.92. The van der Waals surface area contributed by atoms with E-state index >= 15 is 0 Å². The summed E-state index contributed by atoms with van der Waals surface area (Å²) in [6, 6.07) is 9.00. The fourth-order valence-electron chi connectivity index (χ4n) is 1.26. The van der Waals surface area contributed by atoms with Gasteiger partial charge >= 0.3 is 5.97 Å². The predicted octanol–water partition coefficient (Wildman–Crippen LogP) is 1.72. The van der Waals surface area contributed by atoms with Crippen LogP contribution in [0.3, 0.4) is 0 Å². The summed E-state index contributed by atoms with van der Waals surface area (Å²) in [7, 11) is 0. The molecule has 0 saturated heterocycles. The van der Waals surface area contributed by atoms with Crippen LogP contribution in [-0.4, -0.2) is 18.5 Å². The zero-order valence-electron chi connectivity index (χ0n) is 8.47. The quantitative estimate of drug-likeness (QED) is 0.554. The lowest BCUT2D eigenvalue weighted by atomic mass is 10.00. The van der Waals surface area contributed by atoms with Crippen LogP contribution in [0.25, 0.3) is 0 Å². The summed E-state index contributed by atoms with van der Waals surface area (Å²) >= 11 is 0. The van der Waals surface area contributed by atoms with Gasteiger partial charge in [0.05, 0.1) is 6.61 Å². The van der Waals surface area contributed by atoms with Gasteiger partial charge < -0.3 is 4.74 Å². The maximum Gasteiger partial charge on any atom is 0.318 e. The van der Waals surface area contributed by atoms with Gasteiger partial charge in [-0.2, -0.15) is 0 Å². The van der Waals surface area contributed by atoms with Crippen LogP contribution in [0.1, 0.15) is 18.4 Å². The molecule has 0 aliphatic carbocycles. The molecule has 0 fully saturated rings. The summed E-state index contributed by atoms with van der Waals surface area (Å²) in [6.07, 6.45) is 1.17. The van der Waals surface area contributed by atoms with Crippen LogP contribution in [0.4, 0.5) is 0 Å². The summed E-state index contributed by atoms with van der Waals surface area (Å²) < 4.78 is 4.86. The number of hydrogen-bond donors (Lipinski definition) is 0. The molecule has 0 N–H and O–H groups in total. The van der Waals surface area contributed by atoms with E-state index in [0.29, 0.717) is 6.61 Å². The highest BCUT2D eigenvalue weighted by molar-refractivity contribution is 5.82. The Morgan fingerprint density at radius 1 is 1.47 bits per heavy atom. The molecule has 1 aromatic carbocycles. The molecule has 1 atom stereocenters. The lowest BCUT2D eigenvalue weighted by Gasteiger charge is -2.10. The normalized spacial score (nSPS) is 11.3. The molecule has 3 heteroatoms. The lowest BCUT2D eigenvalue weighted by Crippen LogP contribution is -2.14. The van der Waals surface area contributed by atoms with Crippen molar-refractivity contribution in [3.8, 4) is 0 Å². The van der Waals surface area contributed by atoms with Crippen molar-refractivity contribution in [2.45, 2.75) is 12.8 Å². The first kappa shape index (κ1) is 11.2. The van der Waals surface area contributed by atoms with E-state index in [1.807, 2.05) is 6.07 Å². The molecule has 1 aromatic rings. The van der Waals surface area contributed by atoms with Crippen LogP contribution in [0.15, 0.2) is 36.4 Å². The minimum absolute atomic E-state index is 0.300. The summed E-state index contributed by atoms with van der Waals surface area (Å²) in [4.78, 5) is 21.8. The second kappa shape index (κ2) is 5.78. The fourth-order valence-corrected chi connectivity index (χ4v) is 1.26. The molecule has 0 bridgehead atoms. The van der Waals surface area contributed by atoms with Gasteiger partial charge in [-0.05, 0) is 12.5 Å². The molecule has 1 rings (SSSR count). The molecule has 0 radical (unpaired) electrons. The highest BCUT2D eigenvalue weighted by atomic mass is 16.5. The summed E-state index contributed by atoms with van der Waals surface area (Å²) in [5.41, 5.74) is 0.735. The van der Waals surface area contributed by atoms with E-state index in [-0.39, 0.29) is 0 Å². The number of carbonyl (C=O) groups excluding carboxylic acids is 2. The third kappa shape index (κ3) is 3.08. The van der Waals surface area contributed by atoms with E-state index in [1.54, 1.807) is 37.1 Å². The molecule has 0 aromatic heterocycles. The Hall–Kier alpha value is -1.86. The van der Waals surface area contributed by atoms with Crippen molar-refractivity contribution in [2.24, 2.45) is 0 Å². The fraction of sp³-hybridized carbons (Fsp3) is 0.250. The molecule has 3 nitrogen and oxygen atoms in total. The van der Waals surface area contributed by atoms with E-state index in [9.17, 15) is 9.59 Å². The molecule has 0 saturated carbocycles. The number of benzene rings is 1. The van der Waals surface area contributed by atoms with Gasteiger partial charge in [0, 0.05) is 6.08 Å². The molecule has 0 aliphatic heterocycles. The average Bonchev–Trinajstić information content (AvgIpc) is 2.27. The number of ether oxygens (including phenoxy) is 1. The van der Waals surface area contributed by atoms with E-state index in [0.717, 1.165) is 5.56 Å². The number of carbonyl (C=O) groups is 1. The van der Waals surface area contributed by atoms with E-state index in [4.69, 9.17) is 4.74 Å². The van der Waals surface area contributed by atoms with Crippen molar-refractivity contribution in [3.63, 3.8) is 0 Å². The minimum Gasteiger partial charge on any atom is -0.465 e. The van der Waals surface area contributed by atoms with Gasteiger partial charge in [0.25, 0.3) is 0 Å². The SMILES string of the molecule is CCOC(=O)C(C=C=O)c1ccccc1.